The van der Waals surface area contributed by atoms with E-state index in [-0.39, 0.29) is 5.91 Å². The zero-order valence-electron chi connectivity index (χ0n) is 12.2. The lowest BCUT2D eigenvalue weighted by molar-refractivity contribution is -0.153. The summed E-state index contributed by atoms with van der Waals surface area (Å²) in [5, 5.41) is 9.31. The van der Waals surface area contributed by atoms with Crippen molar-refractivity contribution >= 4 is 11.9 Å². The Kier molecular flexibility index (Phi) is 4.96. The fourth-order valence-corrected chi connectivity index (χ4v) is 2.81. The van der Waals surface area contributed by atoms with Gasteiger partial charge in [0.15, 0.2) is 0 Å². The van der Waals surface area contributed by atoms with Gasteiger partial charge >= 0.3 is 5.97 Å². The first-order valence-electron chi connectivity index (χ1n) is 7.32. The molecule has 2 rings (SSSR count). The maximum absolute atomic E-state index is 12.5. The molecule has 1 amide bonds. The van der Waals surface area contributed by atoms with Crippen LogP contribution in [-0.4, -0.2) is 40.5 Å². The minimum atomic E-state index is -0.943. The number of carbonyl (C=O) groups is 2. The smallest absolute Gasteiger partial charge is 0.326 e. The van der Waals surface area contributed by atoms with Crippen molar-refractivity contribution in [1.29, 1.82) is 0 Å². The zero-order chi connectivity index (χ0) is 15.4. The van der Waals surface area contributed by atoms with Crippen LogP contribution in [0.5, 0.6) is 0 Å². The average Bonchev–Trinajstić information content (AvgIpc) is 2.47. The second-order valence-electron chi connectivity index (χ2n) is 5.81. The van der Waals surface area contributed by atoms with Gasteiger partial charge in [-0.1, -0.05) is 37.3 Å². The Morgan fingerprint density at radius 3 is 2.67 bits per heavy atom. The van der Waals surface area contributed by atoms with Crippen LogP contribution in [0.3, 0.4) is 0 Å². The summed E-state index contributed by atoms with van der Waals surface area (Å²) in [6, 6.07) is 8.10. The van der Waals surface area contributed by atoms with Crippen molar-refractivity contribution in [3.63, 3.8) is 0 Å². The predicted octanol–water partition coefficient (Wildman–Crippen LogP) is 1.27. The lowest BCUT2D eigenvalue weighted by atomic mass is 9.91. The van der Waals surface area contributed by atoms with Gasteiger partial charge in [0.1, 0.15) is 6.04 Å². The van der Waals surface area contributed by atoms with Gasteiger partial charge in [0.25, 0.3) is 0 Å². The highest BCUT2D eigenvalue weighted by atomic mass is 16.4. The van der Waals surface area contributed by atoms with Crippen LogP contribution in [0.25, 0.3) is 0 Å². The third-order valence-electron chi connectivity index (χ3n) is 4.05. The number of piperidine rings is 1. The highest BCUT2D eigenvalue weighted by molar-refractivity contribution is 5.87. The van der Waals surface area contributed by atoms with Gasteiger partial charge in [-0.3, -0.25) is 4.79 Å². The molecule has 0 bridgehead atoms. The van der Waals surface area contributed by atoms with Crippen molar-refractivity contribution < 1.29 is 14.7 Å². The molecule has 0 aromatic heterocycles. The van der Waals surface area contributed by atoms with Crippen LogP contribution in [0.15, 0.2) is 30.3 Å². The van der Waals surface area contributed by atoms with E-state index in [1.807, 2.05) is 37.3 Å². The fourth-order valence-electron chi connectivity index (χ4n) is 2.81. The number of likely N-dealkylation sites (tertiary alicyclic amines) is 1. The fraction of sp³-hybridized carbons (Fsp3) is 0.500. The third-order valence-corrected chi connectivity index (χ3v) is 4.05. The highest BCUT2D eigenvalue weighted by Crippen LogP contribution is 2.23. The molecule has 1 aliphatic heterocycles. The molecule has 3 N–H and O–H groups in total. The number of carboxylic acids is 1. The van der Waals surface area contributed by atoms with Gasteiger partial charge in [-0.25, -0.2) is 4.79 Å². The monoisotopic (exact) mass is 290 g/mol. The summed E-state index contributed by atoms with van der Waals surface area (Å²) in [5.41, 5.74) is 6.98. The van der Waals surface area contributed by atoms with Crippen molar-refractivity contribution in [2.24, 2.45) is 11.7 Å². The summed E-state index contributed by atoms with van der Waals surface area (Å²) in [7, 11) is 0. The lowest BCUT2D eigenvalue weighted by Gasteiger charge is -2.37. The van der Waals surface area contributed by atoms with E-state index in [1.165, 1.54) is 4.90 Å². The van der Waals surface area contributed by atoms with Gasteiger partial charge in [0, 0.05) is 6.54 Å². The molecule has 3 unspecified atom stereocenters. The summed E-state index contributed by atoms with van der Waals surface area (Å²) < 4.78 is 0. The molecule has 1 aliphatic rings. The Morgan fingerprint density at radius 2 is 2.05 bits per heavy atom. The number of hydrogen-bond acceptors (Lipinski definition) is 3. The number of carbonyl (C=O) groups excluding carboxylic acids is 1. The molecule has 5 heteroatoms. The molecule has 114 valence electrons. The number of hydrogen-bond donors (Lipinski definition) is 2. The Morgan fingerprint density at radius 1 is 1.38 bits per heavy atom. The molecule has 1 aromatic carbocycles. The molecule has 0 saturated carbocycles. The number of nitrogens with two attached hydrogens (primary N) is 1. The maximum Gasteiger partial charge on any atom is 0.326 e. The first-order valence-corrected chi connectivity index (χ1v) is 7.32. The molecule has 1 fully saturated rings. The lowest BCUT2D eigenvalue weighted by Crippen LogP contribution is -2.55. The van der Waals surface area contributed by atoms with E-state index in [0.717, 1.165) is 12.0 Å². The number of amides is 1. The predicted molar refractivity (Wildman–Crippen MR) is 79.7 cm³/mol. The van der Waals surface area contributed by atoms with E-state index in [1.54, 1.807) is 0 Å². The van der Waals surface area contributed by atoms with Crippen molar-refractivity contribution in [3.05, 3.63) is 35.9 Å². The Balaban J connectivity index is 2.05. The largest absolute Gasteiger partial charge is 0.480 e. The molecule has 0 spiro atoms. The quantitative estimate of drug-likeness (QED) is 0.874. The first kappa shape index (κ1) is 15.5. The van der Waals surface area contributed by atoms with Gasteiger partial charge in [0.2, 0.25) is 5.91 Å². The number of carboxylic acid groups (broad SMARTS) is 1. The molecule has 0 radical (unpaired) electrons. The summed E-state index contributed by atoms with van der Waals surface area (Å²) in [4.78, 5) is 25.3. The molecule has 0 aliphatic carbocycles. The first-order chi connectivity index (χ1) is 9.99. The topological polar surface area (TPSA) is 83.6 Å². The summed E-state index contributed by atoms with van der Waals surface area (Å²) in [6.45, 7) is 2.49. The summed E-state index contributed by atoms with van der Waals surface area (Å²) in [5.74, 6) is -0.888. The minimum absolute atomic E-state index is 0.266. The Labute approximate surface area is 124 Å². The molecule has 1 aromatic rings. The zero-order valence-corrected chi connectivity index (χ0v) is 12.2. The van der Waals surface area contributed by atoms with Crippen molar-refractivity contribution in [2.45, 2.75) is 38.3 Å². The van der Waals surface area contributed by atoms with E-state index < -0.39 is 18.1 Å². The SMILES string of the molecule is CC1CCN(C(=O)C(N)Cc2ccccc2)C(C(=O)O)C1. The molecular weight excluding hydrogens is 268 g/mol. The van der Waals surface area contributed by atoms with Crippen molar-refractivity contribution in [1.82, 2.24) is 4.90 Å². The second-order valence-corrected chi connectivity index (χ2v) is 5.81. The average molecular weight is 290 g/mol. The minimum Gasteiger partial charge on any atom is -0.480 e. The molecule has 1 heterocycles. The normalized spacial score (nSPS) is 23.6. The van der Waals surface area contributed by atoms with Gasteiger partial charge in [0.05, 0.1) is 6.04 Å². The van der Waals surface area contributed by atoms with E-state index in [4.69, 9.17) is 5.73 Å². The second kappa shape index (κ2) is 6.72. The van der Waals surface area contributed by atoms with Crippen LogP contribution in [0.1, 0.15) is 25.3 Å². The van der Waals surface area contributed by atoms with E-state index in [0.29, 0.717) is 25.3 Å². The van der Waals surface area contributed by atoms with Crippen LogP contribution in [0.2, 0.25) is 0 Å². The number of benzene rings is 1. The Bertz CT molecular complexity index is 504. The van der Waals surface area contributed by atoms with Crippen LogP contribution >= 0.6 is 0 Å². The van der Waals surface area contributed by atoms with Gasteiger partial charge < -0.3 is 15.7 Å². The van der Waals surface area contributed by atoms with Crippen LogP contribution < -0.4 is 5.73 Å². The van der Waals surface area contributed by atoms with Gasteiger partial charge in [-0.2, -0.15) is 0 Å². The Hall–Kier alpha value is -1.88. The van der Waals surface area contributed by atoms with E-state index >= 15 is 0 Å². The van der Waals surface area contributed by atoms with Crippen LogP contribution in [0.4, 0.5) is 0 Å². The van der Waals surface area contributed by atoms with E-state index in [9.17, 15) is 14.7 Å². The van der Waals surface area contributed by atoms with Crippen LogP contribution in [-0.2, 0) is 16.0 Å². The third kappa shape index (κ3) is 3.82. The van der Waals surface area contributed by atoms with Gasteiger partial charge in [-0.05, 0) is 30.7 Å². The molecular formula is C16H22N2O3. The summed E-state index contributed by atoms with van der Waals surface area (Å²) >= 11 is 0. The number of nitrogens with zero attached hydrogens (tertiary/aromatic N) is 1. The number of aliphatic carboxylic acids is 1. The number of rotatable bonds is 4. The van der Waals surface area contributed by atoms with E-state index in [2.05, 4.69) is 0 Å². The highest BCUT2D eigenvalue weighted by Gasteiger charge is 2.36. The molecule has 1 saturated heterocycles. The molecule has 3 atom stereocenters. The standard InChI is InChI=1S/C16H22N2O3/c1-11-7-8-18(14(9-11)16(20)21)15(19)13(17)10-12-5-3-2-4-6-12/h2-6,11,13-14H,7-10,17H2,1H3,(H,20,21). The molecule has 21 heavy (non-hydrogen) atoms. The van der Waals surface area contributed by atoms with Crippen molar-refractivity contribution in [3.8, 4) is 0 Å². The summed E-state index contributed by atoms with van der Waals surface area (Å²) in [6.07, 6.45) is 1.75. The van der Waals surface area contributed by atoms with Gasteiger partial charge in [-0.15, -0.1) is 0 Å². The van der Waals surface area contributed by atoms with Crippen LogP contribution in [0, 0.1) is 5.92 Å². The molecule has 5 nitrogen and oxygen atoms in total. The maximum atomic E-state index is 12.5. The van der Waals surface area contributed by atoms with Crippen molar-refractivity contribution in [2.75, 3.05) is 6.54 Å².